The molecular formula is C10H19N3. The maximum atomic E-state index is 6.00. The van der Waals surface area contributed by atoms with Crippen molar-refractivity contribution in [2.24, 2.45) is 16.3 Å². The largest absolute Gasteiger partial charge is 0.307 e. The van der Waals surface area contributed by atoms with E-state index in [1.165, 1.54) is 0 Å². The molecule has 1 aliphatic heterocycles. The van der Waals surface area contributed by atoms with Crippen LogP contribution in [0.3, 0.4) is 0 Å². The number of hydrogen-bond donors (Lipinski definition) is 1. The zero-order valence-electron chi connectivity index (χ0n) is 8.96. The van der Waals surface area contributed by atoms with Crippen molar-refractivity contribution in [1.82, 2.24) is 5.01 Å². The lowest BCUT2D eigenvalue weighted by molar-refractivity contribution is 0.209. The number of rotatable bonds is 1. The van der Waals surface area contributed by atoms with Gasteiger partial charge in [-0.3, -0.25) is 4.99 Å². The summed E-state index contributed by atoms with van der Waals surface area (Å²) in [6.07, 6.45) is 2.80. The third kappa shape index (κ3) is 1.61. The highest BCUT2D eigenvalue weighted by molar-refractivity contribution is 5.29. The Labute approximate surface area is 80.3 Å². The van der Waals surface area contributed by atoms with Gasteiger partial charge in [-0.15, -0.1) is 0 Å². The van der Waals surface area contributed by atoms with Gasteiger partial charge in [0.25, 0.3) is 0 Å². The van der Waals surface area contributed by atoms with Crippen molar-refractivity contribution in [2.75, 3.05) is 0 Å². The maximum Gasteiger partial charge on any atom is 0.0537 e. The summed E-state index contributed by atoms with van der Waals surface area (Å²) in [6, 6.07) is 0. The second-order valence-electron chi connectivity index (χ2n) is 4.94. The van der Waals surface area contributed by atoms with E-state index in [0.717, 1.165) is 12.1 Å². The van der Waals surface area contributed by atoms with Crippen LogP contribution < -0.4 is 5.84 Å². The van der Waals surface area contributed by atoms with Gasteiger partial charge in [-0.1, -0.05) is 13.8 Å². The van der Waals surface area contributed by atoms with Crippen molar-refractivity contribution in [3.8, 4) is 0 Å². The Hall–Kier alpha value is -0.830. The molecule has 0 aromatic heterocycles. The summed E-state index contributed by atoms with van der Waals surface area (Å²) >= 11 is 0. The fourth-order valence-corrected chi connectivity index (χ4v) is 2.23. The van der Waals surface area contributed by atoms with Crippen LogP contribution in [-0.2, 0) is 0 Å². The predicted octanol–water partition coefficient (Wildman–Crippen LogP) is 1.91. The first-order chi connectivity index (χ1) is 5.81. The van der Waals surface area contributed by atoms with Gasteiger partial charge >= 0.3 is 0 Å². The maximum absolute atomic E-state index is 6.00. The van der Waals surface area contributed by atoms with Gasteiger partial charge in [0.05, 0.1) is 11.2 Å². The Morgan fingerprint density at radius 3 is 2.31 bits per heavy atom. The van der Waals surface area contributed by atoms with Gasteiger partial charge in [0.2, 0.25) is 0 Å². The van der Waals surface area contributed by atoms with Crippen LogP contribution >= 0.6 is 0 Å². The summed E-state index contributed by atoms with van der Waals surface area (Å²) in [5.74, 6) is 6.00. The Morgan fingerprint density at radius 2 is 2.00 bits per heavy atom. The summed E-state index contributed by atoms with van der Waals surface area (Å²) < 4.78 is 0. The molecule has 13 heavy (non-hydrogen) atoms. The van der Waals surface area contributed by atoms with Gasteiger partial charge in [0.1, 0.15) is 0 Å². The second kappa shape index (κ2) is 2.84. The van der Waals surface area contributed by atoms with E-state index in [9.17, 15) is 0 Å². The van der Waals surface area contributed by atoms with Crippen LogP contribution in [-0.4, -0.2) is 17.3 Å². The standard InChI is InChI=1S/C10H19N3/c1-9(2)7-10(3,4)13(11)8(9)6-12-5/h6H,5,7,11H2,1-4H3/b8-6-. The molecule has 0 amide bonds. The molecule has 0 bridgehead atoms. The molecule has 0 unspecified atom stereocenters. The van der Waals surface area contributed by atoms with Crippen LogP contribution in [0.2, 0.25) is 0 Å². The molecule has 0 spiro atoms. The van der Waals surface area contributed by atoms with Crippen LogP contribution in [0, 0.1) is 5.41 Å². The molecule has 0 atom stereocenters. The molecule has 0 aromatic carbocycles. The van der Waals surface area contributed by atoms with E-state index in [0.29, 0.717) is 0 Å². The predicted molar refractivity (Wildman–Crippen MR) is 56.1 cm³/mol. The second-order valence-corrected chi connectivity index (χ2v) is 4.94. The van der Waals surface area contributed by atoms with Gasteiger partial charge in [-0.05, 0) is 27.0 Å². The first-order valence-electron chi connectivity index (χ1n) is 4.53. The SMILES string of the molecule is C=N/C=C1\N(N)C(C)(C)CC1(C)C. The monoisotopic (exact) mass is 181 g/mol. The number of hydrogen-bond acceptors (Lipinski definition) is 3. The van der Waals surface area contributed by atoms with Crippen molar-refractivity contribution in [3.05, 3.63) is 11.9 Å². The third-order valence-corrected chi connectivity index (χ3v) is 2.69. The summed E-state index contributed by atoms with van der Waals surface area (Å²) in [5.41, 5.74) is 1.17. The zero-order valence-corrected chi connectivity index (χ0v) is 8.96. The number of nitrogens with zero attached hydrogens (tertiary/aromatic N) is 2. The highest BCUT2D eigenvalue weighted by Gasteiger charge is 2.45. The Kier molecular flexibility index (Phi) is 2.24. The zero-order chi connectivity index (χ0) is 10.3. The lowest BCUT2D eigenvalue weighted by Crippen LogP contribution is -2.42. The summed E-state index contributed by atoms with van der Waals surface area (Å²) in [5, 5.41) is 1.81. The molecule has 2 N–H and O–H groups in total. The lowest BCUT2D eigenvalue weighted by atomic mass is 9.84. The van der Waals surface area contributed by atoms with Crippen LogP contribution in [0.4, 0.5) is 0 Å². The molecular weight excluding hydrogens is 162 g/mol. The minimum Gasteiger partial charge on any atom is -0.307 e. The van der Waals surface area contributed by atoms with E-state index in [2.05, 4.69) is 39.4 Å². The fraction of sp³-hybridized carbons (Fsp3) is 0.700. The molecule has 1 fully saturated rings. The smallest absolute Gasteiger partial charge is 0.0537 e. The fourth-order valence-electron chi connectivity index (χ4n) is 2.23. The molecule has 0 radical (unpaired) electrons. The van der Waals surface area contributed by atoms with Crippen LogP contribution in [0.1, 0.15) is 34.1 Å². The molecule has 1 saturated heterocycles. The molecule has 1 heterocycles. The molecule has 1 aliphatic rings. The average Bonchev–Trinajstić information content (AvgIpc) is 2.09. The van der Waals surface area contributed by atoms with Crippen molar-refractivity contribution in [1.29, 1.82) is 0 Å². The minimum atomic E-state index is 0.0139. The Bertz CT molecular complexity index is 251. The first-order valence-corrected chi connectivity index (χ1v) is 4.53. The van der Waals surface area contributed by atoms with Gasteiger partial charge in [-0.25, -0.2) is 5.84 Å². The number of nitrogens with two attached hydrogens (primary N) is 1. The van der Waals surface area contributed by atoms with E-state index < -0.39 is 0 Å². The van der Waals surface area contributed by atoms with Crippen molar-refractivity contribution in [3.63, 3.8) is 0 Å². The highest BCUT2D eigenvalue weighted by Crippen LogP contribution is 2.46. The van der Waals surface area contributed by atoms with E-state index in [1.54, 1.807) is 6.20 Å². The van der Waals surface area contributed by atoms with Gasteiger partial charge in [0, 0.05) is 11.6 Å². The molecule has 0 aliphatic carbocycles. The molecule has 0 saturated carbocycles. The Morgan fingerprint density at radius 1 is 1.46 bits per heavy atom. The lowest BCUT2D eigenvalue weighted by Gasteiger charge is -2.28. The van der Waals surface area contributed by atoms with E-state index in [4.69, 9.17) is 5.84 Å². The summed E-state index contributed by atoms with van der Waals surface area (Å²) in [4.78, 5) is 3.80. The normalized spacial score (nSPS) is 28.1. The number of hydrazine groups is 1. The molecule has 74 valence electrons. The van der Waals surface area contributed by atoms with Crippen LogP contribution in [0.5, 0.6) is 0 Å². The van der Waals surface area contributed by atoms with Gasteiger partial charge < -0.3 is 5.01 Å². The number of allylic oxidation sites excluding steroid dienone is 1. The van der Waals surface area contributed by atoms with E-state index >= 15 is 0 Å². The number of aliphatic imine (C=N–C) groups is 1. The quantitative estimate of drug-likeness (QED) is 0.496. The average molecular weight is 181 g/mol. The van der Waals surface area contributed by atoms with Crippen molar-refractivity contribution in [2.45, 2.75) is 39.7 Å². The molecule has 3 heteroatoms. The Balaban J connectivity index is 3.09. The molecule has 3 nitrogen and oxygen atoms in total. The van der Waals surface area contributed by atoms with Gasteiger partial charge in [0.15, 0.2) is 0 Å². The van der Waals surface area contributed by atoms with E-state index in [1.807, 2.05) is 5.01 Å². The summed E-state index contributed by atoms with van der Waals surface area (Å²) in [6.45, 7) is 12.1. The minimum absolute atomic E-state index is 0.0139. The van der Waals surface area contributed by atoms with E-state index in [-0.39, 0.29) is 11.0 Å². The van der Waals surface area contributed by atoms with Crippen LogP contribution in [0.15, 0.2) is 16.9 Å². The van der Waals surface area contributed by atoms with Crippen molar-refractivity contribution < 1.29 is 0 Å². The van der Waals surface area contributed by atoms with Gasteiger partial charge in [-0.2, -0.15) is 0 Å². The third-order valence-electron chi connectivity index (χ3n) is 2.69. The molecule has 1 rings (SSSR count). The topological polar surface area (TPSA) is 41.6 Å². The summed E-state index contributed by atoms with van der Waals surface area (Å²) in [7, 11) is 0. The van der Waals surface area contributed by atoms with Crippen molar-refractivity contribution >= 4 is 6.72 Å². The highest BCUT2D eigenvalue weighted by atomic mass is 15.5. The molecule has 0 aromatic rings. The first kappa shape index (κ1) is 10.3. The van der Waals surface area contributed by atoms with Crippen LogP contribution in [0.25, 0.3) is 0 Å².